The molecule has 0 amide bonds. The zero-order chi connectivity index (χ0) is 14.9. The molecule has 0 fully saturated rings. The van der Waals surface area contributed by atoms with Gasteiger partial charge in [0.1, 0.15) is 6.29 Å². The van der Waals surface area contributed by atoms with Gasteiger partial charge in [-0.1, -0.05) is 53.9 Å². The smallest absolute Gasteiger partial charge is 0.120 e. The lowest BCUT2D eigenvalue weighted by Crippen LogP contribution is -2.27. The maximum Gasteiger partial charge on any atom is 0.120 e. The zero-order valence-corrected chi connectivity index (χ0v) is 14.1. The van der Waals surface area contributed by atoms with Crippen LogP contribution in [0.25, 0.3) is 0 Å². The van der Waals surface area contributed by atoms with Gasteiger partial charge in [-0.2, -0.15) is 0 Å². The Bertz CT molecular complexity index is 150. The third-order valence-corrected chi connectivity index (χ3v) is 3.05. The second kappa shape index (κ2) is 17.6. The lowest BCUT2D eigenvalue weighted by atomic mass is 10.2. The molecule has 0 aliphatic rings. The fourth-order valence-corrected chi connectivity index (χ4v) is 1.67. The van der Waals surface area contributed by atoms with E-state index in [2.05, 4.69) is 25.7 Å². The van der Waals surface area contributed by atoms with Crippen molar-refractivity contribution in [3.05, 3.63) is 0 Å². The first-order valence-corrected chi connectivity index (χ1v) is 8.28. The maximum absolute atomic E-state index is 9.62. The van der Waals surface area contributed by atoms with Crippen molar-refractivity contribution in [2.24, 2.45) is 5.92 Å². The van der Waals surface area contributed by atoms with Gasteiger partial charge in [-0.05, 0) is 44.8 Å². The fraction of sp³-hybridized carbons (Fsp3) is 0.941. The second-order valence-corrected chi connectivity index (χ2v) is 5.70. The van der Waals surface area contributed by atoms with Crippen LogP contribution >= 0.6 is 0 Å². The minimum Gasteiger partial charge on any atom is -0.303 e. The number of hydrogen-bond acceptors (Lipinski definition) is 2. The maximum atomic E-state index is 9.62. The van der Waals surface area contributed by atoms with Crippen LogP contribution < -0.4 is 0 Å². The van der Waals surface area contributed by atoms with Gasteiger partial charge in [-0.15, -0.1) is 0 Å². The molecule has 19 heavy (non-hydrogen) atoms. The lowest BCUT2D eigenvalue weighted by molar-refractivity contribution is -0.108. The van der Waals surface area contributed by atoms with E-state index >= 15 is 0 Å². The number of rotatable bonds is 11. The van der Waals surface area contributed by atoms with Crippen LogP contribution in [0.1, 0.15) is 79.6 Å². The van der Waals surface area contributed by atoms with Gasteiger partial charge < -0.3 is 9.69 Å². The van der Waals surface area contributed by atoms with E-state index in [4.69, 9.17) is 0 Å². The third-order valence-electron chi connectivity index (χ3n) is 3.05. The standard InChI is InChI=1S/C12H27N.C5H10O/c1-4-7-10-13(11-8-5-2)12-9-6-3;1-5(2)3-4-6/h4-12H2,1-3H3;4-5H,3H2,1-2H3. The van der Waals surface area contributed by atoms with Gasteiger partial charge >= 0.3 is 0 Å². The molecule has 2 heteroatoms. The minimum atomic E-state index is 0.530. The molecule has 0 atom stereocenters. The summed E-state index contributed by atoms with van der Waals surface area (Å²) in [6.07, 6.45) is 9.73. The van der Waals surface area contributed by atoms with Crippen molar-refractivity contribution in [2.75, 3.05) is 19.6 Å². The fourth-order valence-electron chi connectivity index (χ4n) is 1.67. The first kappa shape index (κ1) is 20.9. The van der Waals surface area contributed by atoms with Crippen LogP contribution in [0.5, 0.6) is 0 Å². The summed E-state index contributed by atoms with van der Waals surface area (Å²) in [6, 6.07) is 0. The third kappa shape index (κ3) is 20.1. The van der Waals surface area contributed by atoms with Gasteiger partial charge in [-0.25, -0.2) is 0 Å². The molecule has 0 unspecified atom stereocenters. The molecule has 0 aromatic heterocycles. The molecule has 2 nitrogen and oxygen atoms in total. The first-order valence-electron chi connectivity index (χ1n) is 8.28. The Morgan fingerprint density at radius 1 is 0.842 bits per heavy atom. The molecular formula is C17H37NO. The average Bonchev–Trinajstić information content (AvgIpc) is 2.38. The molecule has 0 heterocycles. The van der Waals surface area contributed by atoms with Crippen molar-refractivity contribution in [3.63, 3.8) is 0 Å². The van der Waals surface area contributed by atoms with Crippen LogP contribution in [-0.2, 0) is 4.79 Å². The Morgan fingerprint density at radius 3 is 1.37 bits per heavy atom. The van der Waals surface area contributed by atoms with E-state index in [1.807, 2.05) is 13.8 Å². The molecule has 0 aliphatic heterocycles. The summed E-state index contributed by atoms with van der Waals surface area (Å²) < 4.78 is 0. The van der Waals surface area contributed by atoms with Gasteiger partial charge in [0.15, 0.2) is 0 Å². The quantitative estimate of drug-likeness (QED) is 0.497. The molecule has 0 spiro atoms. The number of nitrogens with zero attached hydrogens (tertiary/aromatic N) is 1. The molecule has 0 aliphatic carbocycles. The molecule has 116 valence electrons. The second-order valence-electron chi connectivity index (χ2n) is 5.70. The largest absolute Gasteiger partial charge is 0.303 e. The first-order chi connectivity index (χ1) is 9.12. The number of hydrogen-bond donors (Lipinski definition) is 0. The summed E-state index contributed by atoms with van der Waals surface area (Å²) in [5.41, 5.74) is 0. The molecule has 0 saturated heterocycles. The van der Waals surface area contributed by atoms with Gasteiger partial charge in [0, 0.05) is 6.42 Å². The molecule has 0 bridgehead atoms. The predicted octanol–water partition coefficient (Wildman–Crippen LogP) is 4.92. The Kier molecular flexibility index (Phi) is 19.4. The molecule has 0 radical (unpaired) electrons. The van der Waals surface area contributed by atoms with Crippen molar-refractivity contribution < 1.29 is 4.79 Å². The minimum absolute atomic E-state index is 0.530. The van der Waals surface area contributed by atoms with E-state index in [-0.39, 0.29) is 0 Å². The molecule has 0 aromatic rings. The van der Waals surface area contributed by atoms with Crippen LogP contribution in [-0.4, -0.2) is 30.8 Å². The molecular weight excluding hydrogens is 234 g/mol. The predicted molar refractivity (Wildman–Crippen MR) is 86.7 cm³/mol. The van der Waals surface area contributed by atoms with Crippen molar-refractivity contribution in [1.82, 2.24) is 4.90 Å². The normalized spacial score (nSPS) is 10.5. The van der Waals surface area contributed by atoms with E-state index in [1.165, 1.54) is 58.2 Å². The summed E-state index contributed by atoms with van der Waals surface area (Å²) in [4.78, 5) is 12.3. The van der Waals surface area contributed by atoms with Gasteiger partial charge in [-0.3, -0.25) is 0 Å². The Balaban J connectivity index is 0. The lowest BCUT2D eigenvalue weighted by Gasteiger charge is -2.21. The monoisotopic (exact) mass is 271 g/mol. The summed E-state index contributed by atoms with van der Waals surface area (Å²) in [6.45, 7) is 14.8. The highest BCUT2D eigenvalue weighted by Gasteiger charge is 2.01. The SMILES string of the molecule is CC(C)CC=O.CCCCN(CCCC)CCCC. The van der Waals surface area contributed by atoms with E-state index < -0.39 is 0 Å². The van der Waals surface area contributed by atoms with Crippen molar-refractivity contribution in [3.8, 4) is 0 Å². The van der Waals surface area contributed by atoms with Crippen molar-refractivity contribution in [2.45, 2.75) is 79.6 Å². The number of aldehydes is 1. The van der Waals surface area contributed by atoms with Crippen LogP contribution in [0.15, 0.2) is 0 Å². The summed E-state index contributed by atoms with van der Waals surface area (Å²) in [5, 5.41) is 0. The van der Waals surface area contributed by atoms with Gasteiger partial charge in [0.25, 0.3) is 0 Å². The molecule has 0 rings (SSSR count). The van der Waals surface area contributed by atoms with E-state index in [9.17, 15) is 4.79 Å². The topological polar surface area (TPSA) is 20.3 Å². The average molecular weight is 271 g/mol. The summed E-state index contributed by atoms with van der Waals surface area (Å²) in [7, 11) is 0. The Morgan fingerprint density at radius 2 is 1.21 bits per heavy atom. The highest BCUT2D eigenvalue weighted by Crippen LogP contribution is 2.01. The van der Waals surface area contributed by atoms with Crippen molar-refractivity contribution in [1.29, 1.82) is 0 Å². The van der Waals surface area contributed by atoms with Crippen LogP contribution in [0.4, 0.5) is 0 Å². The molecule has 0 aromatic carbocycles. The number of carbonyl (C=O) groups is 1. The van der Waals surface area contributed by atoms with E-state index in [0.29, 0.717) is 12.3 Å². The Hall–Kier alpha value is -0.370. The van der Waals surface area contributed by atoms with E-state index in [0.717, 1.165) is 6.29 Å². The highest BCUT2D eigenvalue weighted by molar-refractivity contribution is 5.49. The molecule has 0 saturated carbocycles. The summed E-state index contributed by atoms with van der Waals surface area (Å²) in [5.74, 6) is 0.530. The van der Waals surface area contributed by atoms with Crippen molar-refractivity contribution >= 4 is 6.29 Å². The van der Waals surface area contributed by atoms with Crippen LogP contribution in [0, 0.1) is 5.92 Å². The van der Waals surface area contributed by atoms with Crippen LogP contribution in [0.3, 0.4) is 0 Å². The van der Waals surface area contributed by atoms with Crippen LogP contribution in [0.2, 0.25) is 0 Å². The summed E-state index contributed by atoms with van der Waals surface area (Å²) >= 11 is 0. The number of unbranched alkanes of at least 4 members (excludes halogenated alkanes) is 3. The number of carbonyl (C=O) groups excluding carboxylic acids is 1. The highest BCUT2D eigenvalue weighted by atomic mass is 16.1. The van der Waals surface area contributed by atoms with Gasteiger partial charge in [0.05, 0.1) is 0 Å². The molecule has 0 N–H and O–H groups in total. The van der Waals surface area contributed by atoms with E-state index in [1.54, 1.807) is 0 Å². The zero-order valence-electron chi connectivity index (χ0n) is 14.1. The Labute approximate surface area is 122 Å². The van der Waals surface area contributed by atoms with Gasteiger partial charge in [0.2, 0.25) is 0 Å².